The molecule has 0 saturated heterocycles. The van der Waals surface area contributed by atoms with Gasteiger partial charge in [0.1, 0.15) is 6.04 Å². The van der Waals surface area contributed by atoms with Gasteiger partial charge in [-0.05, 0) is 66.3 Å². The highest BCUT2D eigenvalue weighted by Gasteiger charge is 2.24. The Labute approximate surface area is 369 Å². The molecule has 11 nitrogen and oxygen atoms in total. The fourth-order valence-electron chi connectivity index (χ4n) is 7.25. The molecule has 0 aliphatic heterocycles. The van der Waals surface area contributed by atoms with Gasteiger partial charge >= 0.3 is 0 Å². The highest BCUT2D eigenvalue weighted by molar-refractivity contribution is 5.87. The van der Waals surface area contributed by atoms with Crippen molar-refractivity contribution in [1.29, 1.82) is 0 Å². The van der Waals surface area contributed by atoms with E-state index in [-0.39, 0.29) is 49.4 Å². The van der Waals surface area contributed by atoms with Gasteiger partial charge in [0, 0.05) is 26.2 Å². The van der Waals surface area contributed by atoms with E-state index in [0.717, 1.165) is 25.7 Å². The number of amides is 3. The van der Waals surface area contributed by atoms with E-state index >= 15 is 0 Å². The molecule has 3 amide bonds. The lowest BCUT2D eigenvalue weighted by Gasteiger charge is -2.29. The highest BCUT2D eigenvalue weighted by atomic mass is 16.5. The molecule has 0 heterocycles. The predicted molar refractivity (Wildman–Crippen MR) is 249 cm³/mol. The summed E-state index contributed by atoms with van der Waals surface area (Å²) in [6, 6.07) is -0.953. The molecule has 60 heavy (non-hydrogen) atoms. The monoisotopic (exact) mass is 855 g/mol. The van der Waals surface area contributed by atoms with Crippen molar-refractivity contribution in [2.45, 2.75) is 251 Å². The number of nitrogens with two attached hydrogens (primary N) is 2. The SMILES string of the molecule is CCCCCCCCCCCCCCOCC(CNC(=O)CCC(NC(=O)CCOC(C)(C)CCOC(C)(C)CCN)C(N)=O)OCCCCCCCCCCCCCC. The fourth-order valence-corrected chi connectivity index (χ4v) is 7.25. The Balaban J connectivity index is 4.62. The number of rotatable bonds is 46. The van der Waals surface area contributed by atoms with Crippen molar-refractivity contribution in [2.24, 2.45) is 11.5 Å². The third-order valence-electron chi connectivity index (χ3n) is 11.4. The van der Waals surface area contributed by atoms with Crippen LogP contribution in [0.25, 0.3) is 0 Å². The zero-order valence-electron chi connectivity index (χ0n) is 40.1. The average molecular weight is 855 g/mol. The van der Waals surface area contributed by atoms with E-state index in [9.17, 15) is 14.4 Å². The molecule has 0 aromatic rings. The number of carbonyl (C=O) groups is 3. The largest absolute Gasteiger partial charge is 0.379 e. The lowest BCUT2D eigenvalue weighted by Crippen LogP contribution is -2.45. The Bertz CT molecular complexity index is 1010. The van der Waals surface area contributed by atoms with E-state index in [1.807, 2.05) is 27.7 Å². The molecule has 0 bridgehead atoms. The maximum Gasteiger partial charge on any atom is 0.240 e. The van der Waals surface area contributed by atoms with Gasteiger partial charge in [-0.1, -0.05) is 155 Å². The number of hydrogen-bond donors (Lipinski definition) is 4. The van der Waals surface area contributed by atoms with Crippen molar-refractivity contribution < 1.29 is 33.3 Å². The second kappa shape index (κ2) is 40.0. The number of carbonyl (C=O) groups excluding carboxylic acids is 3. The molecule has 11 heteroatoms. The van der Waals surface area contributed by atoms with Crippen molar-refractivity contribution >= 4 is 17.7 Å². The second-order valence-corrected chi connectivity index (χ2v) is 18.5. The molecular formula is C49H98N4O7. The summed E-state index contributed by atoms with van der Waals surface area (Å²) in [6.45, 7) is 15.8. The van der Waals surface area contributed by atoms with Crippen LogP contribution in [0, 0.1) is 0 Å². The average Bonchev–Trinajstić information content (AvgIpc) is 3.19. The maximum atomic E-state index is 12.9. The van der Waals surface area contributed by atoms with Gasteiger partial charge in [0.15, 0.2) is 0 Å². The number of hydrogen-bond acceptors (Lipinski definition) is 8. The maximum absolute atomic E-state index is 12.9. The molecule has 0 fully saturated rings. The minimum Gasteiger partial charge on any atom is -0.379 e. The molecule has 6 N–H and O–H groups in total. The summed E-state index contributed by atoms with van der Waals surface area (Å²) in [6.07, 6.45) is 32.5. The molecule has 0 spiro atoms. The van der Waals surface area contributed by atoms with Crippen molar-refractivity contribution in [3.63, 3.8) is 0 Å². The van der Waals surface area contributed by atoms with Crippen LogP contribution < -0.4 is 22.1 Å². The smallest absolute Gasteiger partial charge is 0.240 e. The zero-order chi connectivity index (χ0) is 44.6. The van der Waals surface area contributed by atoms with Crippen LogP contribution in [0.2, 0.25) is 0 Å². The quantitative estimate of drug-likeness (QED) is 0.0440. The van der Waals surface area contributed by atoms with Gasteiger partial charge in [-0.3, -0.25) is 14.4 Å². The standard InChI is InChI=1S/C49H98N4O7/c1-7-9-11-13-15-17-19-21-23-25-27-29-37-57-42-43(58-38-30-28-26-24-22-20-18-16-14-12-10-8-2)41-52-45(54)32-31-44(47(51)56)53-46(55)33-39-59-49(5,6)35-40-60-48(3,4)34-36-50/h43-44H,7-42,50H2,1-6H3,(H2,51,56)(H,52,54)(H,53,55). The Morgan fingerprint density at radius 2 is 1.00 bits per heavy atom. The van der Waals surface area contributed by atoms with E-state index in [0.29, 0.717) is 45.9 Å². The van der Waals surface area contributed by atoms with Gasteiger partial charge in [-0.25, -0.2) is 0 Å². The topological polar surface area (TPSA) is 164 Å². The summed E-state index contributed by atoms with van der Waals surface area (Å²) in [5.41, 5.74) is 10.5. The van der Waals surface area contributed by atoms with Gasteiger partial charge < -0.3 is 41.0 Å². The normalized spacial score (nSPS) is 13.1. The summed E-state index contributed by atoms with van der Waals surface area (Å²) in [7, 11) is 0. The minimum absolute atomic E-state index is 0.0447. The van der Waals surface area contributed by atoms with Gasteiger partial charge in [-0.2, -0.15) is 0 Å². The third kappa shape index (κ3) is 39.1. The molecule has 0 radical (unpaired) electrons. The van der Waals surface area contributed by atoms with Gasteiger partial charge in [-0.15, -0.1) is 0 Å². The third-order valence-corrected chi connectivity index (χ3v) is 11.4. The summed E-state index contributed by atoms with van der Waals surface area (Å²) in [4.78, 5) is 37.8. The predicted octanol–water partition coefficient (Wildman–Crippen LogP) is 10.4. The van der Waals surface area contributed by atoms with E-state index in [4.69, 9.17) is 30.4 Å². The first-order chi connectivity index (χ1) is 28.9. The van der Waals surface area contributed by atoms with Crippen LogP contribution in [0.1, 0.15) is 228 Å². The number of unbranched alkanes of at least 4 members (excludes halogenated alkanes) is 22. The Morgan fingerprint density at radius 3 is 1.48 bits per heavy atom. The first-order valence-corrected chi connectivity index (χ1v) is 24.9. The Morgan fingerprint density at radius 1 is 0.550 bits per heavy atom. The van der Waals surface area contributed by atoms with Crippen molar-refractivity contribution in [2.75, 3.05) is 46.1 Å². The summed E-state index contributed by atoms with van der Waals surface area (Å²) < 4.78 is 24.2. The molecule has 2 unspecified atom stereocenters. The summed E-state index contributed by atoms with van der Waals surface area (Å²) >= 11 is 0. The second-order valence-electron chi connectivity index (χ2n) is 18.5. The molecule has 0 aromatic heterocycles. The van der Waals surface area contributed by atoms with Crippen LogP contribution in [0.5, 0.6) is 0 Å². The molecule has 0 aromatic carbocycles. The lowest BCUT2D eigenvalue weighted by molar-refractivity contribution is -0.130. The van der Waals surface area contributed by atoms with Crippen LogP contribution in [0.4, 0.5) is 0 Å². The first kappa shape index (κ1) is 58.2. The van der Waals surface area contributed by atoms with Crippen molar-refractivity contribution in [3.8, 4) is 0 Å². The molecular weight excluding hydrogens is 757 g/mol. The van der Waals surface area contributed by atoms with Crippen LogP contribution in [-0.2, 0) is 33.3 Å². The van der Waals surface area contributed by atoms with Crippen LogP contribution in [0.3, 0.4) is 0 Å². The molecule has 356 valence electrons. The molecule has 0 aliphatic carbocycles. The number of primary amides is 1. The van der Waals surface area contributed by atoms with Gasteiger partial charge in [0.2, 0.25) is 17.7 Å². The highest BCUT2D eigenvalue weighted by Crippen LogP contribution is 2.20. The lowest BCUT2D eigenvalue weighted by atomic mass is 10.0. The van der Waals surface area contributed by atoms with Gasteiger partial charge in [0.05, 0.1) is 43.5 Å². The van der Waals surface area contributed by atoms with E-state index in [2.05, 4.69) is 24.5 Å². The van der Waals surface area contributed by atoms with E-state index < -0.39 is 17.6 Å². The summed E-state index contributed by atoms with van der Waals surface area (Å²) in [5.74, 6) is -1.26. The van der Waals surface area contributed by atoms with E-state index in [1.54, 1.807) is 0 Å². The number of nitrogens with one attached hydrogen (secondary N) is 2. The summed E-state index contributed by atoms with van der Waals surface area (Å²) in [5, 5.41) is 5.65. The van der Waals surface area contributed by atoms with Crippen LogP contribution in [-0.4, -0.2) is 87.2 Å². The molecule has 0 aliphatic rings. The zero-order valence-corrected chi connectivity index (χ0v) is 40.1. The molecule has 0 saturated carbocycles. The van der Waals surface area contributed by atoms with Crippen molar-refractivity contribution in [1.82, 2.24) is 10.6 Å². The van der Waals surface area contributed by atoms with Crippen LogP contribution >= 0.6 is 0 Å². The Kier molecular flexibility index (Phi) is 38.8. The van der Waals surface area contributed by atoms with Gasteiger partial charge in [0.25, 0.3) is 0 Å². The van der Waals surface area contributed by atoms with Crippen molar-refractivity contribution in [3.05, 3.63) is 0 Å². The molecule has 0 rings (SSSR count). The number of ether oxygens (including phenoxy) is 4. The minimum atomic E-state index is -0.953. The van der Waals surface area contributed by atoms with E-state index in [1.165, 1.54) is 135 Å². The fraction of sp³-hybridized carbons (Fsp3) is 0.939. The molecule has 2 atom stereocenters. The van der Waals surface area contributed by atoms with Crippen LogP contribution in [0.15, 0.2) is 0 Å². The Hall–Kier alpha value is -1.79. The first-order valence-electron chi connectivity index (χ1n) is 24.9.